The van der Waals surface area contributed by atoms with Crippen LogP contribution in [0.25, 0.3) is 11.1 Å². The van der Waals surface area contributed by atoms with E-state index in [-0.39, 0.29) is 5.91 Å². The Hall–Kier alpha value is -2.10. The van der Waals surface area contributed by atoms with Crippen LogP contribution in [0.15, 0.2) is 41.1 Å². The van der Waals surface area contributed by atoms with Crippen LogP contribution in [0.4, 0.5) is 0 Å². The standard InChI is InChI=1S/C17H20N2O2/c1-12-8-9-14(10-12)19(2)17(20)16-15(11-21-18-16)13-6-4-3-5-7-13/h3-7,11-12,14H,8-10H2,1-2H3. The van der Waals surface area contributed by atoms with Gasteiger partial charge in [0.05, 0.1) is 5.56 Å². The van der Waals surface area contributed by atoms with Crippen molar-refractivity contribution in [3.8, 4) is 11.1 Å². The lowest BCUT2D eigenvalue weighted by Crippen LogP contribution is -2.35. The zero-order valence-corrected chi connectivity index (χ0v) is 12.5. The highest BCUT2D eigenvalue weighted by Gasteiger charge is 2.30. The second kappa shape index (κ2) is 5.72. The zero-order valence-electron chi connectivity index (χ0n) is 12.5. The number of hydrogen-bond donors (Lipinski definition) is 0. The lowest BCUT2D eigenvalue weighted by molar-refractivity contribution is 0.0723. The van der Waals surface area contributed by atoms with Crippen molar-refractivity contribution in [1.29, 1.82) is 0 Å². The summed E-state index contributed by atoms with van der Waals surface area (Å²) in [5, 5.41) is 3.94. The van der Waals surface area contributed by atoms with Crippen molar-refractivity contribution >= 4 is 5.91 Å². The molecule has 0 N–H and O–H groups in total. The molecule has 4 nitrogen and oxygen atoms in total. The molecule has 1 aliphatic carbocycles. The smallest absolute Gasteiger partial charge is 0.276 e. The Balaban J connectivity index is 1.84. The van der Waals surface area contributed by atoms with E-state index in [4.69, 9.17) is 4.52 Å². The molecule has 2 aromatic rings. The summed E-state index contributed by atoms with van der Waals surface area (Å²) in [4.78, 5) is 14.5. The van der Waals surface area contributed by atoms with Gasteiger partial charge in [0.1, 0.15) is 6.26 Å². The summed E-state index contributed by atoms with van der Waals surface area (Å²) < 4.78 is 5.06. The summed E-state index contributed by atoms with van der Waals surface area (Å²) >= 11 is 0. The van der Waals surface area contributed by atoms with Gasteiger partial charge in [-0.05, 0) is 30.7 Å². The van der Waals surface area contributed by atoms with Crippen LogP contribution in [0.2, 0.25) is 0 Å². The van der Waals surface area contributed by atoms with E-state index in [0.717, 1.165) is 24.0 Å². The summed E-state index contributed by atoms with van der Waals surface area (Å²) in [5.74, 6) is 0.637. The molecule has 1 aromatic carbocycles. The van der Waals surface area contributed by atoms with E-state index in [0.29, 0.717) is 17.7 Å². The van der Waals surface area contributed by atoms with Gasteiger partial charge in [0.25, 0.3) is 5.91 Å². The van der Waals surface area contributed by atoms with Crippen molar-refractivity contribution in [2.75, 3.05) is 7.05 Å². The van der Waals surface area contributed by atoms with Crippen molar-refractivity contribution in [2.45, 2.75) is 32.2 Å². The van der Waals surface area contributed by atoms with E-state index < -0.39 is 0 Å². The molecule has 1 aromatic heterocycles. The predicted molar refractivity (Wildman–Crippen MR) is 80.8 cm³/mol. The van der Waals surface area contributed by atoms with Gasteiger partial charge in [-0.3, -0.25) is 4.79 Å². The fourth-order valence-electron chi connectivity index (χ4n) is 3.08. The monoisotopic (exact) mass is 284 g/mol. The third-order valence-electron chi connectivity index (χ3n) is 4.39. The van der Waals surface area contributed by atoms with E-state index in [2.05, 4.69) is 12.1 Å². The van der Waals surface area contributed by atoms with Crippen LogP contribution in [0, 0.1) is 5.92 Å². The van der Waals surface area contributed by atoms with Gasteiger partial charge >= 0.3 is 0 Å². The van der Waals surface area contributed by atoms with Crippen molar-refractivity contribution in [3.05, 3.63) is 42.3 Å². The quantitative estimate of drug-likeness (QED) is 0.865. The number of hydrogen-bond acceptors (Lipinski definition) is 3. The number of carbonyl (C=O) groups is 1. The maximum absolute atomic E-state index is 12.7. The minimum atomic E-state index is -0.0540. The molecule has 2 atom stereocenters. The molecule has 1 aliphatic rings. The van der Waals surface area contributed by atoms with Gasteiger partial charge < -0.3 is 9.42 Å². The number of rotatable bonds is 3. The van der Waals surface area contributed by atoms with E-state index in [1.807, 2.05) is 42.3 Å². The Morgan fingerprint density at radius 2 is 2.05 bits per heavy atom. The topological polar surface area (TPSA) is 46.3 Å². The molecule has 1 amide bonds. The minimum Gasteiger partial charge on any atom is -0.363 e. The first-order chi connectivity index (χ1) is 10.2. The van der Waals surface area contributed by atoms with E-state index in [9.17, 15) is 4.79 Å². The third kappa shape index (κ3) is 2.71. The lowest BCUT2D eigenvalue weighted by atomic mass is 10.1. The normalized spacial score (nSPS) is 21.4. The molecular weight excluding hydrogens is 264 g/mol. The largest absolute Gasteiger partial charge is 0.363 e. The molecule has 110 valence electrons. The van der Waals surface area contributed by atoms with Crippen LogP contribution in [0.1, 0.15) is 36.7 Å². The second-order valence-corrected chi connectivity index (χ2v) is 5.93. The average molecular weight is 284 g/mol. The highest BCUT2D eigenvalue weighted by Crippen LogP contribution is 2.30. The average Bonchev–Trinajstić information content (AvgIpc) is 3.15. The van der Waals surface area contributed by atoms with Crippen LogP contribution in [-0.4, -0.2) is 29.1 Å². The van der Waals surface area contributed by atoms with Gasteiger partial charge in [-0.1, -0.05) is 42.4 Å². The van der Waals surface area contributed by atoms with Gasteiger partial charge in [-0.2, -0.15) is 0 Å². The van der Waals surface area contributed by atoms with E-state index >= 15 is 0 Å². The Labute approximate surface area is 124 Å². The van der Waals surface area contributed by atoms with Crippen molar-refractivity contribution in [3.63, 3.8) is 0 Å². The maximum Gasteiger partial charge on any atom is 0.276 e. The van der Waals surface area contributed by atoms with Gasteiger partial charge in [0.2, 0.25) is 0 Å². The Kier molecular flexibility index (Phi) is 3.78. The molecule has 0 aliphatic heterocycles. The number of nitrogens with zero attached hydrogens (tertiary/aromatic N) is 2. The van der Waals surface area contributed by atoms with Crippen molar-refractivity contribution < 1.29 is 9.32 Å². The van der Waals surface area contributed by atoms with E-state index in [1.54, 1.807) is 6.26 Å². The minimum absolute atomic E-state index is 0.0540. The fourth-order valence-corrected chi connectivity index (χ4v) is 3.08. The molecule has 0 saturated heterocycles. The summed E-state index contributed by atoms with van der Waals surface area (Å²) in [5.41, 5.74) is 2.12. The lowest BCUT2D eigenvalue weighted by Gasteiger charge is -2.24. The van der Waals surface area contributed by atoms with Gasteiger partial charge in [-0.15, -0.1) is 0 Å². The maximum atomic E-state index is 12.7. The van der Waals surface area contributed by atoms with Crippen LogP contribution in [0.3, 0.4) is 0 Å². The molecule has 4 heteroatoms. The first-order valence-corrected chi connectivity index (χ1v) is 7.43. The molecule has 1 heterocycles. The molecule has 21 heavy (non-hydrogen) atoms. The highest BCUT2D eigenvalue weighted by molar-refractivity contribution is 5.98. The molecular formula is C17H20N2O2. The summed E-state index contributed by atoms with van der Waals surface area (Å²) in [6.45, 7) is 2.24. The fraction of sp³-hybridized carbons (Fsp3) is 0.412. The van der Waals surface area contributed by atoms with Crippen molar-refractivity contribution in [2.24, 2.45) is 5.92 Å². The van der Waals surface area contributed by atoms with Crippen LogP contribution in [0.5, 0.6) is 0 Å². The van der Waals surface area contributed by atoms with Crippen molar-refractivity contribution in [1.82, 2.24) is 10.1 Å². The summed E-state index contributed by atoms with van der Waals surface area (Å²) in [6, 6.07) is 10.1. The predicted octanol–water partition coefficient (Wildman–Crippen LogP) is 3.60. The zero-order chi connectivity index (χ0) is 14.8. The Morgan fingerprint density at radius 3 is 2.71 bits per heavy atom. The highest BCUT2D eigenvalue weighted by atomic mass is 16.5. The summed E-state index contributed by atoms with van der Waals surface area (Å²) in [7, 11) is 1.87. The molecule has 0 bridgehead atoms. The molecule has 2 unspecified atom stereocenters. The SMILES string of the molecule is CC1CCC(N(C)C(=O)c2nocc2-c2ccccc2)C1. The number of benzene rings is 1. The van der Waals surface area contributed by atoms with Crippen LogP contribution in [-0.2, 0) is 0 Å². The Bertz CT molecular complexity index is 621. The van der Waals surface area contributed by atoms with Gasteiger partial charge in [0, 0.05) is 13.1 Å². The first-order valence-electron chi connectivity index (χ1n) is 7.43. The molecule has 0 spiro atoms. The molecule has 1 fully saturated rings. The second-order valence-electron chi connectivity index (χ2n) is 5.93. The van der Waals surface area contributed by atoms with Gasteiger partial charge in [-0.25, -0.2) is 0 Å². The molecule has 1 saturated carbocycles. The summed E-state index contributed by atoms with van der Waals surface area (Å²) in [6.07, 6.45) is 4.88. The van der Waals surface area contributed by atoms with Gasteiger partial charge in [0.15, 0.2) is 5.69 Å². The Morgan fingerprint density at radius 1 is 1.29 bits per heavy atom. The van der Waals surface area contributed by atoms with Crippen LogP contribution >= 0.6 is 0 Å². The molecule has 3 rings (SSSR count). The number of aromatic nitrogens is 1. The number of carbonyl (C=O) groups excluding carboxylic acids is 1. The first kappa shape index (κ1) is 13.9. The number of amides is 1. The molecule has 0 radical (unpaired) electrons. The van der Waals surface area contributed by atoms with Crippen LogP contribution < -0.4 is 0 Å². The third-order valence-corrected chi connectivity index (χ3v) is 4.39. The van der Waals surface area contributed by atoms with E-state index in [1.165, 1.54) is 6.42 Å².